The third kappa shape index (κ3) is 21.1. The number of thioether (sulfide) groups is 1. The highest BCUT2D eigenvalue weighted by molar-refractivity contribution is 7.99. The van der Waals surface area contributed by atoms with E-state index in [0.717, 1.165) is 50.8 Å². The van der Waals surface area contributed by atoms with Crippen molar-refractivity contribution in [3.63, 3.8) is 0 Å². The zero-order chi connectivity index (χ0) is 41.5. The van der Waals surface area contributed by atoms with E-state index in [9.17, 15) is 13.8 Å². The van der Waals surface area contributed by atoms with Gasteiger partial charge in [0.2, 0.25) is 11.8 Å². The first-order chi connectivity index (χ1) is 24.6. The number of hydrogen-bond acceptors (Lipinski definition) is 9. The van der Waals surface area contributed by atoms with Crippen molar-refractivity contribution < 1.29 is 13.8 Å². The highest BCUT2D eigenvalue weighted by atomic mass is 32.2. The Morgan fingerprint density at radius 2 is 0.907 bits per heavy atom. The Balaban J connectivity index is 0.000000338. The molecule has 12 heteroatoms. The summed E-state index contributed by atoms with van der Waals surface area (Å²) in [7, 11) is 1.33. The van der Waals surface area contributed by atoms with E-state index in [4.69, 9.17) is 0 Å². The molecule has 5 aliphatic rings. The van der Waals surface area contributed by atoms with E-state index in [1.54, 1.807) is 4.90 Å². The molecule has 0 unspecified atom stereocenters. The number of carbonyl (C=O) groups excluding carboxylic acids is 2. The van der Waals surface area contributed by atoms with Gasteiger partial charge in [-0.15, -0.1) is 0 Å². The summed E-state index contributed by atoms with van der Waals surface area (Å²) in [5.74, 6) is 4.73. The number of likely N-dealkylation sites (tertiary alicyclic amines) is 1. The van der Waals surface area contributed by atoms with E-state index < -0.39 is 10.8 Å². The third-order valence-electron chi connectivity index (χ3n) is 10.8. The lowest BCUT2D eigenvalue weighted by atomic mass is 10.0. The van der Waals surface area contributed by atoms with E-state index >= 15 is 0 Å². The van der Waals surface area contributed by atoms with Crippen LogP contribution in [0.25, 0.3) is 0 Å². The van der Waals surface area contributed by atoms with Crippen molar-refractivity contribution >= 4 is 34.4 Å². The number of rotatable bonds is 0. The van der Waals surface area contributed by atoms with Crippen LogP contribution < -0.4 is 5.32 Å². The van der Waals surface area contributed by atoms with Gasteiger partial charge in [-0.3, -0.25) is 38.3 Å². The number of likely N-dealkylation sites (N-methyl/N-ethyl adjacent to an activating group) is 1. The maximum absolute atomic E-state index is 11.3. The molecular weight excluding hydrogens is 715 g/mol. The Morgan fingerprint density at radius 3 is 1.26 bits per heavy atom. The van der Waals surface area contributed by atoms with Crippen molar-refractivity contribution in [1.29, 1.82) is 0 Å². The predicted octanol–water partition coefficient (Wildman–Crippen LogP) is 5.73. The number of hydrogen-bond donors (Lipinski definition) is 1. The van der Waals surface area contributed by atoms with Gasteiger partial charge in [-0.1, -0.05) is 6.42 Å². The van der Waals surface area contributed by atoms with Crippen LogP contribution in [0, 0.1) is 0 Å². The second kappa shape index (κ2) is 23.0. The maximum Gasteiger partial charge on any atom is 0.236 e. The van der Waals surface area contributed by atoms with Crippen LogP contribution in [-0.2, 0) is 20.4 Å². The zero-order valence-corrected chi connectivity index (χ0v) is 39.8. The maximum atomic E-state index is 11.3. The van der Waals surface area contributed by atoms with Crippen molar-refractivity contribution in [3.05, 3.63) is 0 Å². The second-order valence-corrected chi connectivity index (χ2v) is 23.3. The van der Waals surface area contributed by atoms with Gasteiger partial charge in [0, 0.05) is 121 Å². The molecule has 5 fully saturated rings. The van der Waals surface area contributed by atoms with Crippen LogP contribution in [0.2, 0.25) is 0 Å². The van der Waals surface area contributed by atoms with Crippen molar-refractivity contribution in [2.75, 3.05) is 109 Å². The number of amides is 2. The summed E-state index contributed by atoms with van der Waals surface area (Å²) in [4.78, 5) is 36.0. The number of carbonyl (C=O) groups is 2. The number of piperidine rings is 1. The molecule has 0 spiro atoms. The summed E-state index contributed by atoms with van der Waals surface area (Å²) in [5, 5.41) is 2.80. The van der Waals surface area contributed by atoms with Crippen molar-refractivity contribution in [2.45, 2.75) is 151 Å². The van der Waals surface area contributed by atoms with Gasteiger partial charge >= 0.3 is 0 Å². The Labute approximate surface area is 341 Å². The van der Waals surface area contributed by atoms with E-state index in [1.165, 1.54) is 56.9 Å². The summed E-state index contributed by atoms with van der Waals surface area (Å²) >= 11 is 2.07. The summed E-state index contributed by atoms with van der Waals surface area (Å²) in [6.45, 7) is 45.1. The molecule has 5 aliphatic heterocycles. The molecule has 0 radical (unpaired) electrons. The van der Waals surface area contributed by atoms with Gasteiger partial charge in [-0.05, 0) is 130 Å². The summed E-state index contributed by atoms with van der Waals surface area (Å²) in [5.41, 5.74) is 1.29. The van der Waals surface area contributed by atoms with E-state index in [1.807, 2.05) is 7.05 Å². The molecule has 5 saturated heterocycles. The van der Waals surface area contributed by atoms with Gasteiger partial charge in [0.05, 0.1) is 13.1 Å². The van der Waals surface area contributed by atoms with Crippen molar-refractivity contribution in [1.82, 2.24) is 34.7 Å². The summed E-state index contributed by atoms with van der Waals surface area (Å²) in [6, 6.07) is 0. The molecule has 54 heavy (non-hydrogen) atoms. The highest BCUT2D eigenvalue weighted by Gasteiger charge is 2.29. The van der Waals surface area contributed by atoms with Gasteiger partial charge in [0.25, 0.3) is 0 Å². The normalized spacial score (nSPS) is 22.6. The lowest BCUT2D eigenvalue weighted by Gasteiger charge is -2.40. The van der Waals surface area contributed by atoms with Crippen LogP contribution in [-0.4, -0.2) is 182 Å². The Hall–Kier alpha value is -0.760. The largest absolute Gasteiger partial charge is 0.354 e. The minimum Gasteiger partial charge on any atom is -0.354 e. The lowest BCUT2D eigenvalue weighted by Crippen LogP contribution is -2.55. The SMILES string of the molecule is CC(C)(C)N1CCCCC1.CC(C)(C)N1CCNC(=O)C1.CC(C)(C)N1CCS(=O)CC1.CC(C)(C)N1CCSCC1.CN1CCN(C(C)(C)C)CC1=O. The van der Waals surface area contributed by atoms with E-state index in [0.29, 0.717) is 24.2 Å². The fourth-order valence-electron chi connectivity index (χ4n) is 6.65. The van der Waals surface area contributed by atoms with E-state index in [2.05, 4.69) is 145 Å². The molecule has 1 N–H and O–H groups in total. The topological polar surface area (TPSA) is 82.7 Å². The molecule has 320 valence electrons. The van der Waals surface area contributed by atoms with Crippen LogP contribution in [0.4, 0.5) is 0 Å². The third-order valence-corrected chi connectivity index (χ3v) is 13.0. The van der Waals surface area contributed by atoms with Gasteiger partial charge in [-0.2, -0.15) is 11.8 Å². The first kappa shape index (κ1) is 51.3. The van der Waals surface area contributed by atoms with Crippen LogP contribution >= 0.6 is 11.8 Å². The molecule has 2 amide bonds. The smallest absolute Gasteiger partial charge is 0.236 e. The van der Waals surface area contributed by atoms with Crippen molar-refractivity contribution in [3.8, 4) is 0 Å². The van der Waals surface area contributed by atoms with Crippen LogP contribution in [0.5, 0.6) is 0 Å². The van der Waals surface area contributed by atoms with Crippen molar-refractivity contribution in [2.24, 2.45) is 0 Å². The lowest BCUT2D eigenvalue weighted by molar-refractivity contribution is -0.136. The average molecular weight is 802 g/mol. The summed E-state index contributed by atoms with van der Waals surface area (Å²) < 4.78 is 11.0. The molecule has 0 aromatic heterocycles. The predicted molar refractivity (Wildman–Crippen MR) is 236 cm³/mol. The van der Waals surface area contributed by atoms with Crippen LogP contribution in [0.15, 0.2) is 0 Å². The Kier molecular flexibility index (Phi) is 21.8. The average Bonchev–Trinajstić information content (AvgIpc) is 3.06. The van der Waals surface area contributed by atoms with Gasteiger partial charge in [0.1, 0.15) is 0 Å². The molecule has 0 aromatic carbocycles. The number of nitrogens with zero attached hydrogens (tertiary/aromatic N) is 6. The van der Waals surface area contributed by atoms with Crippen LogP contribution in [0.3, 0.4) is 0 Å². The standard InChI is InChI=1S/C9H18N2O.C9H19N.C8H16N2O.C8H17NOS.C8H17NS/c1-9(2,3)11-6-5-10(4)8(12)7-11;1-9(2,3)10-7-5-4-6-8-10;1-8(2,3)10-5-4-9-7(11)6-10;1-8(2,3)9-4-6-11(10)7-5-9;1-8(2,3)9-4-6-10-7-5-9/h5-7H2,1-4H3;4-8H2,1-3H3;4-6H2,1-3H3,(H,9,11);4-7H2,1-3H3;4-7H2,1-3H3. The molecule has 5 rings (SSSR count). The number of piperazine rings is 2. The molecule has 0 aromatic rings. The van der Waals surface area contributed by atoms with Gasteiger partial charge in [0.15, 0.2) is 0 Å². The van der Waals surface area contributed by atoms with Crippen LogP contribution in [0.1, 0.15) is 123 Å². The first-order valence-electron chi connectivity index (χ1n) is 20.8. The first-order valence-corrected chi connectivity index (χ1v) is 23.5. The zero-order valence-electron chi connectivity index (χ0n) is 38.2. The summed E-state index contributed by atoms with van der Waals surface area (Å²) in [6.07, 6.45) is 4.24. The van der Waals surface area contributed by atoms with Gasteiger partial charge in [-0.25, -0.2) is 0 Å². The minimum absolute atomic E-state index is 0.122. The molecule has 0 aliphatic carbocycles. The quantitative estimate of drug-likeness (QED) is 0.331. The minimum atomic E-state index is -0.537. The molecule has 0 bridgehead atoms. The monoisotopic (exact) mass is 802 g/mol. The Bertz CT molecular complexity index is 1070. The molecule has 5 heterocycles. The molecular formula is C42H87N7O3S2. The Morgan fingerprint density at radius 1 is 0.500 bits per heavy atom. The molecule has 0 saturated carbocycles. The van der Waals surface area contributed by atoms with E-state index in [-0.39, 0.29) is 28.4 Å². The van der Waals surface area contributed by atoms with Gasteiger partial charge < -0.3 is 10.2 Å². The second-order valence-electron chi connectivity index (χ2n) is 20.3. The molecule has 0 atom stereocenters. The fraction of sp³-hybridized carbons (Fsp3) is 0.952. The highest BCUT2D eigenvalue weighted by Crippen LogP contribution is 2.20. The fourth-order valence-corrected chi connectivity index (χ4v) is 8.61. The number of nitrogens with one attached hydrogen (secondary N) is 1. The molecule has 10 nitrogen and oxygen atoms in total.